The monoisotopic (exact) mass is 286 g/mol. The third-order valence-corrected chi connectivity index (χ3v) is 3.39. The molecule has 1 amide bonds. The number of carbonyl (C=O) groups excluding carboxylic acids is 1. The number of aromatic nitrogens is 2. The van der Waals surface area contributed by atoms with Crippen molar-refractivity contribution in [3.63, 3.8) is 0 Å². The molecule has 1 aromatic carbocycles. The van der Waals surface area contributed by atoms with Gasteiger partial charge in [-0.15, -0.1) is 0 Å². The predicted molar refractivity (Wildman–Crippen MR) is 85.4 cm³/mol. The van der Waals surface area contributed by atoms with Gasteiger partial charge in [-0.05, 0) is 37.1 Å². The van der Waals surface area contributed by atoms with Crippen LogP contribution in [0.15, 0.2) is 30.3 Å². The van der Waals surface area contributed by atoms with Crippen LogP contribution in [0.1, 0.15) is 36.5 Å². The van der Waals surface area contributed by atoms with Crippen molar-refractivity contribution in [1.82, 2.24) is 9.78 Å². The summed E-state index contributed by atoms with van der Waals surface area (Å²) in [5.74, 6) is -0.0443. The van der Waals surface area contributed by atoms with Gasteiger partial charge in [0.1, 0.15) is 5.69 Å². The maximum atomic E-state index is 12.8. The van der Waals surface area contributed by atoms with E-state index in [0.29, 0.717) is 17.9 Å². The summed E-state index contributed by atoms with van der Waals surface area (Å²) in [7, 11) is 1.80. The molecule has 5 nitrogen and oxygen atoms in total. The third-order valence-electron chi connectivity index (χ3n) is 3.39. The lowest BCUT2D eigenvalue weighted by atomic mass is 10.2. The highest BCUT2D eigenvalue weighted by atomic mass is 16.2. The van der Waals surface area contributed by atoms with Gasteiger partial charge in [-0.25, -0.2) is 0 Å². The zero-order valence-electron chi connectivity index (χ0n) is 12.8. The molecule has 5 heteroatoms. The Morgan fingerprint density at radius 2 is 2.10 bits per heavy atom. The second-order valence-electron chi connectivity index (χ2n) is 5.05. The molecule has 0 fully saturated rings. The molecule has 1 aromatic heterocycles. The Balaban J connectivity index is 2.37. The summed E-state index contributed by atoms with van der Waals surface area (Å²) >= 11 is 0. The molecule has 0 atom stereocenters. The van der Waals surface area contributed by atoms with Gasteiger partial charge in [0.05, 0.1) is 5.69 Å². The molecule has 0 saturated heterocycles. The van der Waals surface area contributed by atoms with Crippen LogP contribution >= 0.6 is 0 Å². The number of benzene rings is 1. The van der Waals surface area contributed by atoms with E-state index in [1.807, 2.05) is 44.2 Å². The lowest BCUT2D eigenvalue weighted by molar-refractivity contribution is 0.0978. The quantitative estimate of drug-likeness (QED) is 0.859. The van der Waals surface area contributed by atoms with Crippen LogP contribution in [0.5, 0.6) is 0 Å². The molecule has 2 aromatic rings. The first-order valence-corrected chi connectivity index (χ1v) is 7.27. The van der Waals surface area contributed by atoms with Crippen molar-refractivity contribution in [3.05, 3.63) is 41.7 Å². The summed E-state index contributed by atoms with van der Waals surface area (Å²) in [5, 5.41) is 4.35. The molecule has 0 aliphatic carbocycles. The minimum atomic E-state index is -0.0443. The summed E-state index contributed by atoms with van der Waals surface area (Å²) in [6, 6.07) is 9.27. The fourth-order valence-electron chi connectivity index (χ4n) is 2.30. The number of carbonyl (C=O) groups is 1. The van der Waals surface area contributed by atoms with Crippen molar-refractivity contribution in [3.8, 4) is 0 Å². The van der Waals surface area contributed by atoms with Gasteiger partial charge in [-0.2, -0.15) is 5.10 Å². The summed E-state index contributed by atoms with van der Waals surface area (Å²) in [6.45, 7) is 4.72. The molecule has 21 heavy (non-hydrogen) atoms. The summed E-state index contributed by atoms with van der Waals surface area (Å²) in [5.41, 5.74) is 8.83. The third kappa shape index (κ3) is 3.24. The minimum Gasteiger partial charge on any atom is -0.399 e. The first kappa shape index (κ1) is 15.1. The maximum Gasteiger partial charge on any atom is 0.276 e. The van der Waals surface area contributed by atoms with Crippen LogP contribution in [0, 0.1) is 0 Å². The molecule has 0 bridgehead atoms. The fourth-order valence-corrected chi connectivity index (χ4v) is 2.30. The van der Waals surface area contributed by atoms with E-state index in [1.54, 1.807) is 16.6 Å². The molecule has 2 N–H and O–H groups in total. The van der Waals surface area contributed by atoms with Crippen molar-refractivity contribution < 1.29 is 4.79 Å². The second kappa shape index (κ2) is 6.43. The normalized spacial score (nSPS) is 10.6. The van der Waals surface area contributed by atoms with Crippen LogP contribution in [-0.4, -0.2) is 22.2 Å². The Hall–Kier alpha value is -2.30. The molecular formula is C16H22N4O. The smallest absolute Gasteiger partial charge is 0.276 e. The number of aryl methyl sites for hydroxylation is 2. The van der Waals surface area contributed by atoms with Crippen LogP contribution in [0.3, 0.4) is 0 Å². The molecule has 1 heterocycles. The van der Waals surface area contributed by atoms with Gasteiger partial charge in [-0.3, -0.25) is 9.48 Å². The van der Waals surface area contributed by atoms with Crippen molar-refractivity contribution >= 4 is 17.3 Å². The highest BCUT2D eigenvalue weighted by molar-refractivity contribution is 6.05. The van der Waals surface area contributed by atoms with Crippen molar-refractivity contribution in [2.24, 2.45) is 7.05 Å². The van der Waals surface area contributed by atoms with Gasteiger partial charge in [0.2, 0.25) is 0 Å². The summed E-state index contributed by atoms with van der Waals surface area (Å²) in [6.07, 6.45) is 1.69. The Labute approximate surface area is 125 Å². The number of anilines is 2. The van der Waals surface area contributed by atoms with E-state index in [1.165, 1.54) is 0 Å². The Kier molecular flexibility index (Phi) is 4.62. The number of rotatable bonds is 5. The number of hydrogen-bond acceptors (Lipinski definition) is 3. The van der Waals surface area contributed by atoms with Gasteiger partial charge >= 0.3 is 0 Å². The maximum absolute atomic E-state index is 12.8. The Bertz CT molecular complexity index is 633. The van der Waals surface area contributed by atoms with E-state index in [-0.39, 0.29) is 5.91 Å². The van der Waals surface area contributed by atoms with Crippen LogP contribution in [-0.2, 0) is 13.5 Å². The van der Waals surface area contributed by atoms with Crippen LogP contribution in [0.25, 0.3) is 0 Å². The average Bonchev–Trinajstić information content (AvgIpc) is 2.85. The first-order valence-electron chi connectivity index (χ1n) is 7.27. The van der Waals surface area contributed by atoms with E-state index < -0.39 is 0 Å². The van der Waals surface area contributed by atoms with Gasteiger partial charge < -0.3 is 10.6 Å². The van der Waals surface area contributed by atoms with Crippen LogP contribution < -0.4 is 10.6 Å². The molecule has 112 valence electrons. The predicted octanol–water partition coefficient (Wildman–Crippen LogP) is 2.62. The van der Waals surface area contributed by atoms with Gasteiger partial charge in [0.15, 0.2) is 0 Å². The van der Waals surface area contributed by atoms with E-state index in [4.69, 9.17) is 5.73 Å². The summed E-state index contributed by atoms with van der Waals surface area (Å²) in [4.78, 5) is 14.6. The molecule has 0 saturated carbocycles. The van der Waals surface area contributed by atoms with Gasteiger partial charge in [0.25, 0.3) is 5.91 Å². The molecule has 0 spiro atoms. The van der Waals surface area contributed by atoms with Crippen LogP contribution in [0.4, 0.5) is 11.4 Å². The van der Waals surface area contributed by atoms with Gasteiger partial charge in [-0.1, -0.05) is 19.9 Å². The highest BCUT2D eigenvalue weighted by Gasteiger charge is 2.21. The Morgan fingerprint density at radius 1 is 1.33 bits per heavy atom. The zero-order valence-corrected chi connectivity index (χ0v) is 12.8. The number of hydrogen-bond donors (Lipinski definition) is 1. The number of nitrogens with two attached hydrogens (primary N) is 1. The van der Waals surface area contributed by atoms with E-state index in [0.717, 1.165) is 24.2 Å². The average molecular weight is 286 g/mol. The standard InChI is InChI=1S/C16H22N4O/c1-4-9-20(14-8-6-7-12(17)10-14)16(21)15-11-13(5-2)18-19(15)3/h6-8,10-11H,4-5,9,17H2,1-3H3. The first-order chi connectivity index (χ1) is 10.1. The molecule has 0 aliphatic rings. The van der Waals surface area contributed by atoms with Crippen molar-refractivity contribution in [2.45, 2.75) is 26.7 Å². The van der Waals surface area contributed by atoms with Crippen molar-refractivity contribution in [1.29, 1.82) is 0 Å². The molecule has 0 radical (unpaired) electrons. The minimum absolute atomic E-state index is 0.0443. The molecular weight excluding hydrogens is 264 g/mol. The zero-order chi connectivity index (χ0) is 15.4. The highest BCUT2D eigenvalue weighted by Crippen LogP contribution is 2.20. The number of nitrogens with zero attached hydrogens (tertiary/aromatic N) is 3. The number of amides is 1. The largest absolute Gasteiger partial charge is 0.399 e. The van der Waals surface area contributed by atoms with E-state index in [2.05, 4.69) is 5.10 Å². The van der Waals surface area contributed by atoms with Crippen molar-refractivity contribution in [2.75, 3.05) is 17.2 Å². The Morgan fingerprint density at radius 3 is 2.67 bits per heavy atom. The van der Waals surface area contributed by atoms with E-state index >= 15 is 0 Å². The second-order valence-corrected chi connectivity index (χ2v) is 5.05. The molecule has 2 rings (SSSR count). The lowest BCUT2D eigenvalue weighted by Crippen LogP contribution is -2.33. The number of nitrogen functional groups attached to an aromatic ring is 1. The van der Waals surface area contributed by atoms with E-state index in [9.17, 15) is 4.79 Å². The SMILES string of the molecule is CCCN(C(=O)c1cc(CC)nn1C)c1cccc(N)c1. The molecule has 0 aliphatic heterocycles. The van der Waals surface area contributed by atoms with Crippen LogP contribution in [0.2, 0.25) is 0 Å². The molecule has 0 unspecified atom stereocenters. The topological polar surface area (TPSA) is 64.2 Å². The fraction of sp³-hybridized carbons (Fsp3) is 0.375. The van der Waals surface area contributed by atoms with Gasteiger partial charge in [0, 0.05) is 25.0 Å². The summed E-state index contributed by atoms with van der Waals surface area (Å²) < 4.78 is 1.65. The lowest BCUT2D eigenvalue weighted by Gasteiger charge is -2.22.